The number of nitrogens with one attached hydrogen (secondary N) is 1. The molecule has 0 radical (unpaired) electrons. The molecule has 0 atom stereocenters. The van der Waals surface area contributed by atoms with Crippen LogP contribution in [-0.4, -0.2) is 38.1 Å². The van der Waals surface area contributed by atoms with E-state index in [-0.39, 0.29) is 17.8 Å². The number of carbonyl (C=O) groups is 1. The van der Waals surface area contributed by atoms with E-state index < -0.39 is 11.5 Å². The average Bonchev–Trinajstić information content (AvgIpc) is 2.42. The van der Waals surface area contributed by atoms with E-state index in [1.165, 1.54) is 19.5 Å². The first-order chi connectivity index (χ1) is 9.51. The van der Waals surface area contributed by atoms with Gasteiger partial charge in [-0.3, -0.25) is 9.59 Å². The van der Waals surface area contributed by atoms with Gasteiger partial charge in [0.1, 0.15) is 12.0 Å². The molecule has 0 bridgehead atoms. The van der Waals surface area contributed by atoms with Crippen molar-refractivity contribution in [3.05, 3.63) is 34.0 Å². The van der Waals surface area contributed by atoms with Crippen LogP contribution >= 0.6 is 0 Å². The molecule has 0 saturated carbocycles. The van der Waals surface area contributed by atoms with Crippen LogP contribution in [0.4, 0.5) is 0 Å². The smallest absolute Gasteiger partial charge is 0.308 e. The summed E-state index contributed by atoms with van der Waals surface area (Å²) in [6.45, 7) is 1.58. The number of aromatic amines is 1. The lowest BCUT2D eigenvalue weighted by molar-refractivity contribution is -0.136. The minimum Gasteiger partial charge on any atom is -0.481 e. The molecule has 0 aliphatic rings. The van der Waals surface area contributed by atoms with Crippen molar-refractivity contribution in [1.82, 2.24) is 19.9 Å². The molecule has 2 rings (SSSR count). The zero-order valence-corrected chi connectivity index (χ0v) is 10.9. The van der Waals surface area contributed by atoms with E-state index in [1.54, 1.807) is 6.92 Å². The minimum absolute atomic E-state index is 0.127. The zero-order valence-electron chi connectivity index (χ0n) is 10.9. The zero-order chi connectivity index (χ0) is 14.7. The summed E-state index contributed by atoms with van der Waals surface area (Å²) >= 11 is 0. The first-order valence-corrected chi connectivity index (χ1v) is 5.69. The topological polar surface area (TPSA) is 118 Å². The average molecular weight is 276 g/mol. The van der Waals surface area contributed by atoms with Crippen molar-refractivity contribution < 1.29 is 14.6 Å². The summed E-state index contributed by atoms with van der Waals surface area (Å²) < 4.78 is 4.96. The molecule has 8 heteroatoms. The van der Waals surface area contributed by atoms with Gasteiger partial charge in [-0.25, -0.2) is 15.0 Å². The minimum atomic E-state index is -1.09. The van der Waals surface area contributed by atoms with Crippen LogP contribution in [0.2, 0.25) is 0 Å². The molecule has 0 aromatic carbocycles. The van der Waals surface area contributed by atoms with Crippen molar-refractivity contribution in [2.75, 3.05) is 7.11 Å². The van der Waals surface area contributed by atoms with Gasteiger partial charge in [-0.05, 0) is 6.92 Å². The lowest BCUT2D eigenvalue weighted by atomic mass is 10.1. The predicted octanol–water partition coefficient (Wildman–Crippen LogP) is 0.171. The third-order valence-corrected chi connectivity index (χ3v) is 2.64. The summed E-state index contributed by atoms with van der Waals surface area (Å²) in [5.74, 6) is -0.510. The van der Waals surface area contributed by atoms with Gasteiger partial charge >= 0.3 is 5.97 Å². The van der Waals surface area contributed by atoms with Gasteiger partial charge in [0, 0.05) is 17.3 Å². The molecule has 0 aliphatic carbocycles. The quantitative estimate of drug-likeness (QED) is 0.817. The van der Waals surface area contributed by atoms with E-state index in [0.717, 1.165) is 0 Å². The number of rotatable bonds is 4. The summed E-state index contributed by atoms with van der Waals surface area (Å²) in [4.78, 5) is 37.1. The summed E-state index contributed by atoms with van der Waals surface area (Å²) in [5.41, 5.74) is 0.373. The number of carboxylic acids is 1. The lowest BCUT2D eigenvalue weighted by Gasteiger charge is -2.06. The van der Waals surface area contributed by atoms with E-state index >= 15 is 0 Å². The SMILES string of the molecule is COc1cc(-c2nc(C)c(CC(=O)O)c(=O)[nH]2)ncn1. The van der Waals surface area contributed by atoms with Gasteiger partial charge in [0.2, 0.25) is 5.88 Å². The highest BCUT2D eigenvalue weighted by molar-refractivity contribution is 5.70. The Morgan fingerprint density at radius 3 is 2.80 bits per heavy atom. The summed E-state index contributed by atoms with van der Waals surface area (Å²) in [6.07, 6.45) is 0.913. The van der Waals surface area contributed by atoms with Gasteiger partial charge in [0.15, 0.2) is 5.82 Å². The monoisotopic (exact) mass is 276 g/mol. The fraction of sp³-hybridized carbons (Fsp3) is 0.250. The standard InChI is InChI=1S/C12H12N4O4/c1-6-7(3-10(17)18)12(19)16-11(15-6)8-4-9(20-2)14-5-13-8/h4-5H,3H2,1-2H3,(H,17,18)(H,15,16,19). The summed E-state index contributed by atoms with van der Waals surface area (Å²) in [7, 11) is 1.46. The van der Waals surface area contributed by atoms with Crippen molar-refractivity contribution in [3.8, 4) is 17.4 Å². The number of methoxy groups -OCH3 is 1. The first-order valence-electron chi connectivity index (χ1n) is 5.69. The van der Waals surface area contributed by atoms with Crippen LogP contribution < -0.4 is 10.3 Å². The first kappa shape index (κ1) is 13.7. The van der Waals surface area contributed by atoms with Crippen LogP contribution in [-0.2, 0) is 11.2 Å². The lowest BCUT2D eigenvalue weighted by Crippen LogP contribution is -2.20. The number of hydrogen-bond donors (Lipinski definition) is 2. The Morgan fingerprint density at radius 2 is 2.20 bits per heavy atom. The van der Waals surface area contributed by atoms with Crippen LogP contribution in [0.15, 0.2) is 17.2 Å². The van der Waals surface area contributed by atoms with Gasteiger partial charge < -0.3 is 14.8 Å². The highest BCUT2D eigenvalue weighted by Gasteiger charge is 2.13. The van der Waals surface area contributed by atoms with E-state index in [4.69, 9.17) is 9.84 Å². The normalized spacial score (nSPS) is 10.3. The molecule has 2 N–H and O–H groups in total. The Bertz CT molecular complexity index is 711. The number of aryl methyl sites for hydroxylation is 1. The van der Waals surface area contributed by atoms with Gasteiger partial charge in [-0.15, -0.1) is 0 Å². The van der Waals surface area contributed by atoms with Gasteiger partial charge in [-0.1, -0.05) is 0 Å². The summed E-state index contributed by atoms with van der Waals surface area (Å²) in [6, 6.07) is 1.52. The number of aromatic nitrogens is 4. The number of H-pyrrole nitrogens is 1. The van der Waals surface area contributed by atoms with E-state index in [9.17, 15) is 9.59 Å². The molecule has 20 heavy (non-hydrogen) atoms. The van der Waals surface area contributed by atoms with Crippen LogP contribution in [0.3, 0.4) is 0 Å². The van der Waals surface area contributed by atoms with Crippen LogP contribution in [0.25, 0.3) is 11.5 Å². The van der Waals surface area contributed by atoms with Crippen LogP contribution in [0, 0.1) is 6.92 Å². The fourth-order valence-electron chi connectivity index (χ4n) is 1.67. The maximum absolute atomic E-state index is 11.9. The Hall–Kier alpha value is -2.77. The molecule has 104 valence electrons. The molecule has 0 fully saturated rings. The molecule has 0 saturated heterocycles. The Kier molecular flexibility index (Phi) is 3.74. The van der Waals surface area contributed by atoms with Gasteiger partial charge in [0.25, 0.3) is 5.56 Å². The molecule has 8 nitrogen and oxygen atoms in total. The van der Waals surface area contributed by atoms with Gasteiger partial charge in [-0.2, -0.15) is 0 Å². The fourth-order valence-corrected chi connectivity index (χ4v) is 1.67. The molecule has 0 unspecified atom stereocenters. The second-order valence-corrected chi connectivity index (χ2v) is 3.99. The van der Waals surface area contributed by atoms with Crippen molar-refractivity contribution in [3.63, 3.8) is 0 Å². The number of nitrogens with zero attached hydrogens (tertiary/aromatic N) is 3. The van der Waals surface area contributed by atoms with E-state index in [2.05, 4.69) is 19.9 Å². The predicted molar refractivity (Wildman–Crippen MR) is 68.5 cm³/mol. The maximum Gasteiger partial charge on any atom is 0.308 e. The molecular weight excluding hydrogens is 264 g/mol. The van der Waals surface area contributed by atoms with Crippen molar-refractivity contribution in [2.24, 2.45) is 0 Å². The second kappa shape index (κ2) is 5.47. The Morgan fingerprint density at radius 1 is 1.45 bits per heavy atom. The number of aliphatic carboxylic acids is 1. The Labute approximate surface area is 113 Å². The maximum atomic E-state index is 11.9. The number of carboxylic acid groups (broad SMARTS) is 1. The molecular formula is C12H12N4O4. The van der Waals surface area contributed by atoms with E-state index in [0.29, 0.717) is 17.3 Å². The molecule has 2 aromatic rings. The highest BCUT2D eigenvalue weighted by atomic mass is 16.5. The third-order valence-electron chi connectivity index (χ3n) is 2.64. The molecule has 0 spiro atoms. The highest BCUT2D eigenvalue weighted by Crippen LogP contribution is 2.15. The third kappa shape index (κ3) is 2.79. The second-order valence-electron chi connectivity index (χ2n) is 3.99. The molecule has 2 heterocycles. The molecule has 0 amide bonds. The van der Waals surface area contributed by atoms with Crippen molar-refractivity contribution in [1.29, 1.82) is 0 Å². The van der Waals surface area contributed by atoms with Crippen LogP contribution in [0.1, 0.15) is 11.3 Å². The van der Waals surface area contributed by atoms with Crippen molar-refractivity contribution in [2.45, 2.75) is 13.3 Å². The molecule has 2 aromatic heterocycles. The summed E-state index contributed by atoms with van der Waals surface area (Å²) in [5, 5.41) is 8.75. The van der Waals surface area contributed by atoms with E-state index in [1.807, 2.05) is 0 Å². The largest absolute Gasteiger partial charge is 0.481 e. The Balaban J connectivity index is 2.49. The molecule has 0 aliphatic heterocycles. The number of ether oxygens (including phenoxy) is 1. The number of hydrogen-bond acceptors (Lipinski definition) is 6. The van der Waals surface area contributed by atoms with Crippen LogP contribution in [0.5, 0.6) is 5.88 Å². The van der Waals surface area contributed by atoms with Crippen molar-refractivity contribution >= 4 is 5.97 Å². The van der Waals surface area contributed by atoms with Gasteiger partial charge in [0.05, 0.1) is 13.5 Å².